The van der Waals surface area contributed by atoms with Crippen LogP contribution in [-0.2, 0) is 6.54 Å². The SMILES string of the molecule is NCc1cc(Br)ccc1Sc1ncc[nH]1. The predicted molar refractivity (Wildman–Crippen MR) is 64.7 cm³/mol. The highest BCUT2D eigenvalue weighted by atomic mass is 79.9. The largest absolute Gasteiger partial charge is 0.339 e. The van der Waals surface area contributed by atoms with Gasteiger partial charge in [-0.05, 0) is 23.8 Å². The molecule has 3 N–H and O–H groups in total. The van der Waals surface area contributed by atoms with E-state index in [4.69, 9.17) is 5.73 Å². The third-order valence-corrected chi connectivity index (χ3v) is 3.45. The van der Waals surface area contributed by atoms with Crippen molar-refractivity contribution in [3.8, 4) is 0 Å². The van der Waals surface area contributed by atoms with Crippen LogP contribution in [0, 0.1) is 0 Å². The highest BCUT2D eigenvalue weighted by molar-refractivity contribution is 9.10. The Bertz CT molecular complexity index is 442. The van der Waals surface area contributed by atoms with Crippen molar-refractivity contribution in [3.63, 3.8) is 0 Å². The van der Waals surface area contributed by atoms with Crippen LogP contribution < -0.4 is 5.73 Å². The van der Waals surface area contributed by atoms with E-state index < -0.39 is 0 Å². The first kappa shape index (κ1) is 10.7. The summed E-state index contributed by atoms with van der Waals surface area (Å²) >= 11 is 5.01. The molecule has 15 heavy (non-hydrogen) atoms. The van der Waals surface area contributed by atoms with E-state index in [1.54, 1.807) is 18.0 Å². The molecule has 0 bridgehead atoms. The lowest BCUT2D eigenvalue weighted by Gasteiger charge is -2.05. The Kier molecular flexibility index (Phi) is 3.45. The highest BCUT2D eigenvalue weighted by Gasteiger charge is 2.05. The molecule has 0 spiro atoms. The minimum atomic E-state index is 0.530. The molecule has 0 aliphatic rings. The summed E-state index contributed by atoms with van der Waals surface area (Å²) < 4.78 is 1.05. The monoisotopic (exact) mass is 283 g/mol. The van der Waals surface area contributed by atoms with Crippen molar-refractivity contribution >= 4 is 27.7 Å². The normalized spacial score (nSPS) is 10.5. The van der Waals surface area contributed by atoms with Crippen LogP contribution in [-0.4, -0.2) is 9.97 Å². The second-order valence-electron chi connectivity index (χ2n) is 2.95. The fourth-order valence-electron chi connectivity index (χ4n) is 1.22. The Morgan fingerprint density at radius 3 is 3.00 bits per heavy atom. The number of hydrogen-bond acceptors (Lipinski definition) is 3. The van der Waals surface area contributed by atoms with Gasteiger partial charge in [0.05, 0.1) is 0 Å². The first-order valence-electron chi connectivity index (χ1n) is 4.45. The number of nitrogens with one attached hydrogen (secondary N) is 1. The molecule has 78 valence electrons. The molecular formula is C10H10BrN3S. The number of benzene rings is 1. The average Bonchev–Trinajstić information content (AvgIpc) is 2.73. The van der Waals surface area contributed by atoms with E-state index in [1.807, 2.05) is 24.4 Å². The van der Waals surface area contributed by atoms with Crippen LogP contribution >= 0.6 is 27.7 Å². The first-order chi connectivity index (χ1) is 7.29. The van der Waals surface area contributed by atoms with Crippen LogP contribution in [0.15, 0.2) is 45.1 Å². The van der Waals surface area contributed by atoms with Gasteiger partial charge in [0.2, 0.25) is 0 Å². The third-order valence-electron chi connectivity index (χ3n) is 1.92. The number of imidazole rings is 1. The van der Waals surface area contributed by atoms with E-state index in [1.165, 1.54) is 0 Å². The lowest BCUT2D eigenvalue weighted by atomic mass is 10.2. The lowest BCUT2D eigenvalue weighted by molar-refractivity contribution is 1.01. The standard InChI is InChI=1S/C10H10BrN3S/c11-8-1-2-9(7(5-8)6-12)15-10-13-3-4-14-10/h1-5H,6,12H2,(H,13,14). The molecule has 0 amide bonds. The van der Waals surface area contributed by atoms with Crippen LogP contribution in [0.3, 0.4) is 0 Å². The zero-order chi connectivity index (χ0) is 10.7. The molecule has 0 aliphatic heterocycles. The van der Waals surface area contributed by atoms with Crippen LogP contribution in [0.4, 0.5) is 0 Å². The van der Waals surface area contributed by atoms with Crippen molar-refractivity contribution in [2.24, 2.45) is 5.73 Å². The molecule has 3 nitrogen and oxygen atoms in total. The smallest absolute Gasteiger partial charge is 0.170 e. The van der Waals surface area contributed by atoms with Crippen LogP contribution in [0.5, 0.6) is 0 Å². The predicted octanol–water partition coefficient (Wildman–Crippen LogP) is 2.78. The van der Waals surface area contributed by atoms with E-state index in [-0.39, 0.29) is 0 Å². The summed E-state index contributed by atoms with van der Waals surface area (Å²) in [6.45, 7) is 0.530. The molecule has 0 saturated carbocycles. The average molecular weight is 284 g/mol. The molecule has 2 rings (SSSR count). The topological polar surface area (TPSA) is 54.7 Å². The third kappa shape index (κ3) is 2.62. The molecular weight excluding hydrogens is 274 g/mol. The van der Waals surface area contributed by atoms with Crippen molar-refractivity contribution in [2.75, 3.05) is 0 Å². The molecule has 5 heteroatoms. The summed E-state index contributed by atoms with van der Waals surface area (Å²) in [5.74, 6) is 0. The molecule has 1 heterocycles. The quantitative estimate of drug-likeness (QED) is 0.911. The van der Waals surface area contributed by atoms with Crippen LogP contribution in [0.2, 0.25) is 0 Å². The summed E-state index contributed by atoms with van der Waals surface area (Å²) in [5.41, 5.74) is 6.80. The number of hydrogen-bond donors (Lipinski definition) is 2. The van der Waals surface area contributed by atoms with Crippen molar-refractivity contribution in [2.45, 2.75) is 16.6 Å². The summed E-state index contributed by atoms with van der Waals surface area (Å²) in [6.07, 6.45) is 3.55. The summed E-state index contributed by atoms with van der Waals surface area (Å²) in [6, 6.07) is 6.08. The maximum Gasteiger partial charge on any atom is 0.170 e. The Labute approximate surface area is 101 Å². The zero-order valence-electron chi connectivity index (χ0n) is 7.90. The number of aromatic amines is 1. The van der Waals surface area contributed by atoms with Crippen molar-refractivity contribution in [1.29, 1.82) is 0 Å². The molecule has 0 aliphatic carbocycles. The van der Waals surface area contributed by atoms with E-state index in [2.05, 4.69) is 25.9 Å². The molecule has 0 atom stereocenters. The lowest BCUT2D eigenvalue weighted by Crippen LogP contribution is -1.98. The van der Waals surface area contributed by atoms with Gasteiger partial charge in [-0.15, -0.1) is 0 Å². The van der Waals surface area contributed by atoms with Crippen molar-refractivity contribution in [3.05, 3.63) is 40.6 Å². The molecule has 0 unspecified atom stereocenters. The summed E-state index contributed by atoms with van der Waals surface area (Å²) in [7, 11) is 0. The van der Waals surface area contributed by atoms with Gasteiger partial charge in [0.15, 0.2) is 5.16 Å². The number of rotatable bonds is 3. The Morgan fingerprint density at radius 1 is 1.47 bits per heavy atom. The molecule has 0 saturated heterocycles. The minimum absolute atomic E-state index is 0.530. The van der Waals surface area contributed by atoms with E-state index >= 15 is 0 Å². The van der Waals surface area contributed by atoms with Gasteiger partial charge in [-0.1, -0.05) is 27.7 Å². The maximum atomic E-state index is 5.68. The van der Waals surface area contributed by atoms with Gasteiger partial charge in [0.25, 0.3) is 0 Å². The Morgan fingerprint density at radius 2 is 2.33 bits per heavy atom. The zero-order valence-corrected chi connectivity index (χ0v) is 10.3. The van der Waals surface area contributed by atoms with Crippen LogP contribution in [0.1, 0.15) is 5.56 Å². The van der Waals surface area contributed by atoms with Gasteiger partial charge >= 0.3 is 0 Å². The summed E-state index contributed by atoms with van der Waals surface area (Å²) in [4.78, 5) is 8.35. The maximum absolute atomic E-state index is 5.68. The van der Waals surface area contributed by atoms with Gasteiger partial charge in [-0.25, -0.2) is 4.98 Å². The molecule has 0 fully saturated rings. The highest BCUT2D eigenvalue weighted by Crippen LogP contribution is 2.29. The second-order valence-corrected chi connectivity index (χ2v) is 4.90. The van der Waals surface area contributed by atoms with Gasteiger partial charge in [0.1, 0.15) is 0 Å². The Hall–Kier alpha value is -0.780. The van der Waals surface area contributed by atoms with E-state index in [9.17, 15) is 0 Å². The fourth-order valence-corrected chi connectivity index (χ4v) is 2.48. The molecule has 1 aromatic heterocycles. The first-order valence-corrected chi connectivity index (χ1v) is 6.06. The number of nitrogens with zero attached hydrogens (tertiary/aromatic N) is 1. The van der Waals surface area contributed by atoms with Gasteiger partial charge < -0.3 is 10.7 Å². The van der Waals surface area contributed by atoms with Crippen molar-refractivity contribution < 1.29 is 0 Å². The van der Waals surface area contributed by atoms with Crippen molar-refractivity contribution in [1.82, 2.24) is 9.97 Å². The Balaban J connectivity index is 2.28. The molecule has 1 aromatic carbocycles. The second kappa shape index (κ2) is 4.83. The number of aromatic nitrogens is 2. The molecule has 0 radical (unpaired) electrons. The summed E-state index contributed by atoms with van der Waals surface area (Å²) in [5, 5.41) is 0.882. The number of nitrogens with two attached hydrogens (primary N) is 1. The number of halogens is 1. The van der Waals surface area contributed by atoms with Gasteiger partial charge in [0, 0.05) is 28.3 Å². The van der Waals surface area contributed by atoms with Crippen LogP contribution in [0.25, 0.3) is 0 Å². The fraction of sp³-hybridized carbons (Fsp3) is 0.100. The minimum Gasteiger partial charge on any atom is -0.339 e. The molecule has 2 aromatic rings. The van der Waals surface area contributed by atoms with E-state index in [0.29, 0.717) is 6.54 Å². The van der Waals surface area contributed by atoms with Gasteiger partial charge in [-0.2, -0.15) is 0 Å². The van der Waals surface area contributed by atoms with Gasteiger partial charge in [-0.3, -0.25) is 0 Å². The van der Waals surface area contributed by atoms with E-state index in [0.717, 1.165) is 20.1 Å². The number of H-pyrrole nitrogens is 1.